The first kappa shape index (κ1) is 17.0. The lowest BCUT2D eigenvalue weighted by molar-refractivity contribution is -0.116. The maximum Gasteiger partial charge on any atom is 0.232 e. The number of imidazole rings is 1. The number of anilines is 1. The number of H-pyrrole nitrogens is 1. The summed E-state index contributed by atoms with van der Waals surface area (Å²) in [4.78, 5) is 19.7. The summed E-state index contributed by atoms with van der Waals surface area (Å²) in [6, 6.07) is 11.1. The lowest BCUT2D eigenvalue weighted by Crippen LogP contribution is -2.14. The van der Waals surface area contributed by atoms with E-state index in [4.69, 9.17) is 4.74 Å². The van der Waals surface area contributed by atoms with E-state index in [1.807, 2.05) is 38.1 Å². The van der Waals surface area contributed by atoms with Gasteiger partial charge in [-0.15, -0.1) is 15.3 Å². The molecule has 0 unspecified atom stereocenters. The van der Waals surface area contributed by atoms with Crippen LogP contribution >= 0.6 is 0 Å². The van der Waals surface area contributed by atoms with Gasteiger partial charge in [0, 0.05) is 18.9 Å². The van der Waals surface area contributed by atoms with Crippen LogP contribution in [-0.4, -0.2) is 41.8 Å². The van der Waals surface area contributed by atoms with Crippen molar-refractivity contribution >= 4 is 28.5 Å². The molecule has 0 saturated carbocycles. The van der Waals surface area contributed by atoms with Crippen molar-refractivity contribution in [2.45, 2.75) is 32.8 Å². The number of hydrogen-bond donors (Lipinski definition) is 2. The van der Waals surface area contributed by atoms with Crippen LogP contribution in [-0.2, 0) is 11.2 Å². The number of aromatic nitrogens is 6. The Morgan fingerprint density at radius 2 is 2.07 bits per heavy atom. The zero-order valence-electron chi connectivity index (χ0n) is 15.0. The summed E-state index contributed by atoms with van der Waals surface area (Å²) < 4.78 is 7.20. The topological polar surface area (TPSA) is 110 Å². The van der Waals surface area contributed by atoms with Gasteiger partial charge < -0.3 is 9.72 Å². The summed E-state index contributed by atoms with van der Waals surface area (Å²) >= 11 is 0. The molecule has 0 spiro atoms. The molecule has 0 fully saturated rings. The standard InChI is InChI=1S/C18H19N7O2/c1-11(2)27-17-10-8-15-23-22-14(25(15)24-17)7-9-16(26)21-18-19-12-5-3-4-6-13(12)20-18/h3-6,8,10-11H,7,9H2,1-2H3,(H2,19,20,21,26). The van der Waals surface area contributed by atoms with Gasteiger partial charge in [-0.3, -0.25) is 10.1 Å². The summed E-state index contributed by atoms with van der Waals surface area (Å²) in [5.74, 6) is 1.35. The zero-order chi connectivity index (χ0) is 18.8. The van der Waals surface area contributed by atoms with Gasteiger partial charge in [0.2, 0.25) is 17.7 Å². The van der Waals surface area contributed by atoms with Crippen molar-refractivity contribution in [1.29, 1.82) is 0 Å². The predicted octanol–water partition coefficient (Wildman–Crippen LogP) is 2.36. The monoisotopic (exact) mass is 365 g/mol. The fourth-order valence-electron chi connectivity index (χ4n) is 2.71. The van der Waals surface area contributed by atoms with Crippen LogP contribution in [0.4, 0.5) is 5.95 Å². The molecule has 3 aromatic heterocycles. The van der Waals surface area contributed by atoms with Crippen molar-refractivity contribution in [2.75, 3.05) is 5.32 Å². The minimum Gasteiger partial charge on any atom is -0.474 e. The number of carbonyl (C=O) groups excluding carboxylic acids is 1. The van der Waals surface area contributed by atoms with Crippen molar-refractivity contribution in [1.82, 2.24) is 29.8 Å². The second-order valence-corrected chi connectivity index (χ2v) is 6.38. The number of fused-ring (bicyclic) bond motifs is 2. The van der Waals surface area contributed by atoms with E-state index in [1.165, 1.54) is 0 Å². The Kier molecular flexibility index (Phi) is 4.41. The number of nitrogens with zero attached hydrogens (tertiary/aromatic N) is 5. The zero-order valence-corrected chi connectivity index (χ0v) is 15.0. The molecule has 0 atom stereocenters. The van der Waals surface area contributed by atoms with Gasteiger partial charge >= 0.3 is 0 Å². The first-order chi connectivity index (χ1) is 13.1. The molecule has 2 N–H and O–H groups in total. The molecule has 4 aromatic rings. The number of ether oxygens (including phenoxy) is 1. The van der Waals surface area contributed by atoms with E-state index in [2.05, 4.69) is 30.6 Å². The third-order valence-electron chi connectivity index (χ3n) is 3.88. The minimum absolute atomic E-state index is 0.0180. The third-order valence-corrected chi connectivity index (χ3v) is 3.88. The maximum absolute atomic E-state index is 12.3. The molecule has 0 saturated heterocycles. The molecule has 1 amide bonds. The van der Waals surface area contributed by atoms with E-state index in [9.17, 15) is 4.79 Å². The molecule has 9 heteroatoms. The van der Waals surface area contributed by atoms with Crippen molar-refractivity contribution in [3.05, 3.63) is 42.2 Å². The normalized spacial score (nSPS) is 11.4. The number of benzene rings is 1. The lowest BCUT2D eigenvalue weighted by Gasteiger charge is -2.08. The van der Waals surface area contributed by atoms with Gasteiger partial charge in [-0.25, -0.2) is 4.98 Å². The predicted molar refractivity (Wildman–Crippen MR) is 99.6 cm³/mol. The van der Waals surface area contributed by atoms with E-state index in [-0.39, 0.29) is 18.4 Å². The van der Waals surface area contributed by atoms with Gasteiger partial charge in [-0.05, 0) is 32.0 Å². The highest BCUT2D eigenvalue weighted by Crippen LogP contribution is 2.14. The Hall–Kier alpha value is -3.49. The second-order valence-electron chi connectivity index (χ2n) is 6.38. The highest BCUT2D eigenvalue weighted by molar-refractivity contribution is 5.91. The van der Waals surface area contributed by atoms with Crippen molar-refractivity contribution in [3.63, 3.8) is 0 Å². The number of para-hydroxylation sites is 2. The minimum atomic E-state index is -0.166. The number of amides is 1. The molecule has 0 aliphatic carbocycles. The summed E-state index contributed by atoms with van der Waals surface area (Å²) in [6.07, 6.45) is 0.643. The third kappa shape index (κ3) is 3.71. The molecular weight excluding hydrogens is 346 g/mol. The Morgan fingerprint density at radius 1 is 1.22 bits per heavy atom. The van der Waals surface area contributed by atoms with E-state index < -0.39 is 0 Å². The molecule has 27 heavy (non-hydrogen) atoms. The fraction of sp³-hybridized carbons (Fsp3) is 0.278. The molecule has 9 nitrogen and oxygen atoms in total. The van der Waals surface area contributed by atoms with Crippen molar-refractivity contribution in [3.8, 4) is 5.88 Å². The van der Waals surface area contributed by atoms with Crippen LogP contribution in [0.5, 0.6) is 5.88 Å². The SMILES string of the molecule is CC(C)Oc1ccc2nnc(CCC(=O)Nc3nc4ccccc4[nH]3)n2n1. The molecule has 1 aromatic carbocycles. The smallest absolute Gasteiger partial charge is 0.232 e. The number of carbonyl (C=O) groups is 1. The molecular formula is C18H19N7O2. The van der Waals surface area contributed by atoms with Gasteiger partial charge in [0.25, 0.3) is 0 Å². The van der Waals surface area contributed by atoms with E-state index in [0.29, 0.717) is 29.7 Å². The molecule has 0 radical (unpaired) electrons. The molecule has 0 aliphatic rings. The second kappa shape index (κ2) is 7.02. The average Bonchev–Trinajstić information content (AvgIpc) is 3.22. The van der Waals surface area contributed by atoms with Crippen molar-refractivity contribution < 1.29 is 9.53 Å². The van der Waals surface area contributed by atoms with Gasteiger partial charge in [0.15, 0.2) is 11.5 Å². The summed E-state index contributed by atoms with van der Waals surface area (Å²) in [6.45, 7) is 3.86. The Balaban J connectivity index is 1.43. The van der Waals surface area contributed by atoms with Gasteiger partial charge in [-0.1, -0.05) is 12.1 Å². The van der Waals surface area contributed by atoms with Crippen LogP contribution in [0, 0.1) is 0 Å². The van der Waals surface area contributed by atoms with Crippen LogP contribution in [0.1, 0.15) is 26.1 Å². The van der Waals surface area contributed by atoms with E-state index in [0.717, 1.165) is 11.0 Å². The van der Waals surface area contributed by atoms with Crippen LogP contribution in [0.15, 0.2) is 36.4 Å². The quantitative estimate of drug-likeness (QED) is 0.543. The number of aromatic amines is 1. The number of rotatable bonds is 6. The van der Waals surface area contributed by atoms with E-state index >= 15 is 0 Å². The van der Waals surface area contributed by atoms with Gasteiger partial charge in [0.1, 0.15) is 0 Å². The number of hydrogen-bond acceptors (Lipinski definition) is 6. The van der Waals surface area contributed by atoms with Gasteiger partial charge in [0.05, 0.1) is 17.1 Å². The van der Waals surface area contributed by atoms with Crippen LogP contribution in [0.2, 0.25) is 0 Å². The molecule has 0 bridgehead atoms. The van der Waals surface area contributed by atoms with Gasteiger partial charge in [-0.2, -0.15) is 4.52 Å². The molecule has 138 valence electrons. The maximum atomic E-state index is 12.3. The largest absolute Gasteiger partial charge is 0.474 e. The Morgan fingerprint density at radius 3 is 2.89 bits per heavy atom. The molecule has 0 aliphatic heterocycles. The molecule has 3 heterocycles. The van der Waals surface area contributed by atoms with Crippen LogP contribution in [0.3, 0.4) is 0 Å². The summed E-state index contributed by atoms with van der Waals surface area (Å²) in [5.41, 5.74) is 2.29. The number of nitrogens with one attached hydrogen (secondary N) is 2. The van der Waals surface area contributed by atoms with Crippen LogP contribution in [0.25, 0.3) is 16.7 Å². The van der Waals surface area contributed by atoms with E-state index in [1.54, 1.807) is 16.6 Å². The van der Waals surface area contributed by atoms with Crippen molar-refractivity contribution in [2.24, 2.45) is 0 Å². The Bertz CT molecular complexity index is 1070. The first-order valence-corrected chi connectivity index (χ1v) is 8.71. The summed E-state index contributed by atoms with van der Waals surface area (Å²) in [7, 11) is 0. The molecule has 4 rings (SSSR count). The fourth-order valence-corrected chi connectivity index (χ4v) is 2.71. The lowest BCUT2D eigenvalue weighted by atomic mass is 10.3. The summed E-state index contributed by atoms with van der Waals surface area (Å²) in [5, 5.41) is 15.4. The number of aryl methyl sites for hydroxylation is 1. The highest BCUT2D eigenvalue weighted by atomic mass is 16.5. The first-order valence-electron chi connectivity index (χ1n) is 8.71. The Labute approximate surface area is 154 Å². The highest BCUT2D eigenvalue weighted by Gasteiger charge is 2.12. The average molecular weight is 365 g/mol. The van der Waals surface area contributed by atoms with Crippen LogP contribution < -0.4 is 10.1 Å².